The predicted molar refractivity (Wildman–Crippen MR) is 109 cm³/mol. The first-order chi connectivity index (χ1) is 13.9. The zero-order valence-corrected chi connectivity index (χ0v) is 16.9. The summed E-state index contributed by atoms with van der Waals surface area (Å²) in [5.41, 5.74) is 1.63. The van der Waals surface area contributed by atoms with Gasteiger partial charge in [-0.15, -0.1) is 10.2 Å². The fourth-order valence-corrected chi connectivity index (χ4v) is 3.26. The van der Waals surface area contributed by atoms with E-state index in [9.17, 15) is 14.4 Å². The summed E-state index contributed by atoms with van der Waals surface area (Å²) in [6.45, 7) is 0. The van der Waals surface area contributed by atoms with E-state index in [1.165, 1.54) is 29.5 Å². The molecule has 0 aliphatic carbocycles. The van der Waals surface area contributed by atoms with Crippen molar-refractivity contribution in [2.24, 2.45) is 14.1 Å². The number of nitrogens with one attached hydrogen (secondary N) is 1. The fourth-order valence-electron chi connectivity index (χ4n) is 2.55. The molecule has 29 heavy (non-hydrogen) atoms. The number of carbonyl (C=O) groups excluding carboxylic acids is 2. The van der Waals surface area contributed by atoms with E-state index in [4.69, 9.17) is 0 Å². The summed E-state index contributed by atoms with van der Waals surface area (Å²) >= 11 is 1.24. The quantitative estimate of drug-likeness (QED) is 0.484. The molecule has 0 spiro atoms. The summed E-state index contributed by atoms with van der Waals surface area (Å²) in [6.07, 6.45) is 1.69. The Morgan fingerprint density at radius 2 is 1.83 bits per heavy atom. The van der Waals surface area contributed by atoms with E-state index >= 15 is 0 Å². The van der Waals surface area contributed by atoms with Gasteiger partial charge in [-0.25, -0.2) is 4.79 Å². The maximum atomic E-state index is 12.2. The van der Waals surface area contributed by atoms with Crippen LogP contribution in [0.15, 0.2) is 52.5 Å². The van der Waals surface area contributed by atoms with Crippen molar-refractivity contribution in [2.75, 3.05) is 18.2 Å². The highest BCUT2D eigenvalue weighted by atomic mass is 32.2. The smallest absolute Gasteiger partial charge is 0.337 e. The van der Waals surface area contributed by atoms with E-state index in [0.717, 1.165) is 5.56 Å². The average Bonchev–Trinajstić information content (AvgIpc) is 3.09. The van der Waals surface area contributed by atoms with Gasteiger partial charge in [0.1, 0.15) is 0 Å². The van der Waals surface area contributed by atoms with E-state index < -0.39 is 5.97 Å². The average molecular weight is 413 g/mol. The molecule has 0 saturated heterocycles. The standard InChI is InChI=1S/C19H19N5O4S/c1-23-10-13(6-9-16(23)26)17-21-22-19(24(17)2)29-11-15(25)20-14-7-4-12(5-8-14)18(27)28-3/h4-10H,11H2,1-3H3,(H,20,25). The van der Waals surface area contributed by atoms with Crippen LogP contribution in [0.25, 0.3) is 11.4 Å². The summed E-state index contributed by atoms with van der Waals surface area (Å²) in [7, 11) is 4.78. The molecule has 0 radical (unpaired) electrons. The summed E-state index contributed by atoms with van der Waals surface area (Å²) in [4.78, 5) is 35.2. The van der Waals surface area contributed by atoms with Gasteiger partial charge in [0, 0.05) is 37.6 Å². The highest BCUT2D eigenvalue weighted by molar-refractivity contribution is 7.99. The summed E-state index contributed by atoms with van der Waals surface area (Å²) in [5, 5.41) is 11.6. The molecule has 2 heterocycles. The Balaban J connectivity index is 1.62. The molecule has 1 amide bonds. The van der Waals surface area contributed by atoms with Gasteiger partial charge in [-0.2, -0.15) is 0 Å². The van der Waals surface area contributed by atoms with Crippen LogP contribution in [0.1, 0.15) is 10.4 Å². The second-order valence-corrected chi connectivity index (χ2v) is 7.08. The van der Waals surface area contributed by atoms with E-state index in [0.29, 0.717) is 22.2 Å². The van der Waals surface area contributed by atoms with Gasteiger partial charge in [0.05, 0.1) is 18.4 Å². The van der Waals surface area contributed by atoms with Crippen LogP contribution < -0.4 is 10.9 Å². The van der Waals surface area contributed by atoms with Crippen LogP contribution in [0, 0.1) is 0 Å². The number of ether oxygens (including phenoxy) is 1. The molecule has 0 bridgehead atoms. The SMILES string of the molecule is COC(=O)c1ccc(NC(=O)CSc2nnc(-c3ccc(=O)n(C)c3)n2C)cc1. The number of benzene rings is 1. The second kappa shape index (κ2) is 8.74. The Hall–Kier alpha value is -3.40. The van der Waals surface area contributed by atoms with Gasteiger partial charge in [-0.05, 0) is 30.3 Å². The van der Waals surface area contributed by atoms with Crippen molar-refractivity contribution < 1.29 is 14.3 Å². The summed E-state index contributed by atoms with van der Waals surface area (Å²) in [5.74, 6) is 0.0854. The number of hydrogen-bond acceptors (Lipinski definition) is 7. The highest BCUT2D eigenvalue weighted by Gasteiger charge is 2.14. The van der Waals surface area contributed by atoms with Crippen molar-refractivity contribution in [3.63, 3.8) is 0 Å². The number of aromatic nitrogens is 4. The number of pyridine rings is 1. The number of aryl methyl sites for hydroxylation is 1. The molecule has 0 unspecified atom stereocenters. The molecule has 0 atom stereocenters. The molecule has 0 saturated carbocycles. The van der Waals surface area contributed by atoms with Crippen LogP contribution in [-0.4, -0.2) is 44.1 Å². The molecule has 2 aromatic heterocycles. The molecule has 0 fully saturated rings. The molecule has 3 aromatic rings. The van der Waals surface area contributed by atoms with Crippen LogP contribution in [0.2, 0.25) is 0 Å². The van der Waals surface area contributed by atoms with Crippen molar-refractivity contribution in [1.82, 2.24) is 19.3 Å². The molecule has 3 rings (SSSR count). The molecule has 150 valence electrons. The minimum atomic E-state index is -0.435. The Morgan fingerprint density at radius 1 is 1.10 bits per heavy atom. The van der Waals surface area contributed by atoms with E-state index in [2.05, 4.69) is 20.3 Å². The normalized spacial score (nSPS) is 10.6. The van der Waals surface area contributed by atoms with Crippen LogP contribution in [-0.2, 0) is 23.6 Å². The lowest BCUT2D eigenvalue weighted by Crippen LogP contribution is -2.15. The van der Waals surface area contributed by atoms with Crippen molar-refractivity contribution in [1.29, 1.82) is 0 Å². The van der Waals surface area contributed by atoms with E-state index in [-0.39, 0.29) is 17.2 Å². The number of methoxy groups -OCH3 is 1. The fraction of sp³-hybridized carbons (Fsp3) is 0.211. The van der Waals surface area contributed by atoms with E-state index in [1.54, 1.807) is 55.2 Å². The van der Waals surface area contributed by atoms with Crippen LogP contribution in [0.4, 0.5) is 5.69 Å². The molecular weight excluding hydrogens is 394 g/mol. The number of nitrogens with zero attached hydrogens (tertiary/aromatic N) is 4. The van der Waals surface area contributed by atoms with Crippen molar-refractivity contribution in [3.8, 4) is 11.4 Å². The van der Waals surface area contributed by atoms with Crippen LogP contribution in [0.5, 0.6) is 0 Å². The number of rotatable bonds is 6. The lowest BCUT2D eigenvalue weighted by atomic mass is 10.2. The maximum Gasteiger partial charge on any atom is 0.337 e. The van der Waals surface area contributed by atoms with E-state index in [1.807, 2.05) is 0 Å². The van der Waals surface area contributed by atoms with Gasteiger partial charge in [-0.1, -0.05) is 11.8 Å². The Kier molecular flexibility index (Phi) is 6.13. The predicted octanol–water partition coefficient (Wildman–Crippen LogP) is 1.70. The lowest BCUT2D eigenvalue weighted by molar-refractivity contribution is -0.113. The lowest BCUT2D eigenvalue weighted by Gasteiger charge is -2.07. The molecular formula is C19H19N5O4S. The third-order valence-electron chi connectivity index (χ3n) is 4.10. The largest absolute Gasteiger partial charge is 0.465 e. The van der Waals surface area contributed by atoms with Crippen molar-refractivity contribution in [2.45, 2.75) is 5.16 Å². The first kappa shape index (κ1) is 20.3. The zero-order valence-electron chi connectivity index (χ0n) is 16.1. The molecule has 1 N–H and O–H groups in total. The zero-order chi connectivity index (χ0) is 21.0. The van der Waals surface area contributed by atoms with Gasteiger partial charge >= 0.3 is 5.97 Å². The van der Waals surface area contributed by atoms with Crippen LogP contribution in [0.3, 0.4) is 0 Å². The minimum Gasteiger partial charge on any atom is -0.465 e. The van der Waals surface area contributed by atoms with Gasteiger partial charge in [0.15, 0.2) is 11.0 Å². The topological polar surface area (TPSA) is 108 Å². The number of hydrogen-bond donors (Lipinski definition) is 1. The molecule has 0 aliphatic heterocycles. The number of amides is 1. The second-order valence-electron chi connectivity index (χ2n) is 6.14. The molecule has 10 heteroatoms. The third-order valence-corrected chi connectivity index (χ3v) is 5.12. The Labute approximate surface area is 170 Å². The monoisotopic (exact) mass is 413 g/mol. The summed E-state index contributed by atoms with van der Waals surface area (Å²) in [6, 6.07) is 9.58. The van der Waals surface area contributed by atoms with Gasteiger partial charge in [0.2, 0.25) is 11.5 Å². The van der Waals surface area contributed by atoms with Gasteiger partial charge < -0.3 is 19.2 Å². The number of carbonyl (C=O) groups is 2. The molecule has 9 nitrogen and oxygen atoms in total. The highest BCUT2D eigenvalue weighted by Crippen LogP contribution is 2.22. The Bertz CT molecular complexity index is 1100. The number of esters is 1. The number of thioether (sulfide) groups is 1. The van der Waals surface area contributed by atoms with Gasteiger partial charge in [-0.3, -0.25) is 9.59 Å². The summed E-state index contributed by atoms with van der Waals surface area (Å²) < 4.78 is 7.88. The third kappa shape index (κ3) is 4.72. The Morgan fingerprint density at radius 3 is 2.48 bits per heavy atom. The van der Waals surface area contributed by atoms with Gasteiger partial charge in [0.25, 0.3) is 0 Å². The first-order valence-corrected chi connectivity index (χ1v) is 9.55. The maximum absolute atomic E-state index is 12.2. The minimum absolute atomic E-state index is 0.109. The molecule has 1 aromatic carbocycles. The first-order valence-electron chi connectivity index (χ1n) is 8.56. The van der Waals surface area contributed by atoms with Crippen molar-refractivity contribution >= 4 is 29.3 Å². The van der Waals surface area contributed by atoms with Crippen LogP contribution >= 0.6 is 11.8 Å². The molecule has 0 aliphatic rings. The number of anilines is 1. The van der Waals surface area contributed by atoms with Crippen molar-refractivity contribution in [3.05, 3.63) is 58.5 Å².